The molecule has 1 aliphatic heterocycles. The number of nitrogens with one attached hydrogen (secondary N) is 3. The van der Waals surface area contributed by atoms with Crippen LogP contribution < -0.4 is 10.6 Å². The highest BCUT2D eigenvalue weighted by Gasteiger charge is 2.37. The fourth-order valence-corrected chi connectivity index (χ4v) is 3.92. The fraction of sp³-hybridized carbons (Fsp3) is 0.318. The Morgan fingerprint density at radius 1 is 1.06 bits per heavy atom. The maximum absolute atomic E-state index is 14.7. The van der Waals surface area contributed by atoms with Gasteiger partial charge in [-0.15, -0.1) is 0 Å². The van der Waals surface area contributed by atoms with E-state index in [1.807, 2.05) is 0 Å². The number of aromatic nitrogens is 1. The van der Waals surface area contributed by atoms with E-state index in [-0.39, 0.29) is 35.2 Å². The summed E-state index contributed by atoms with van der Waals surface area (Å²) < 4.78 is 39.6. The van der Waals surface area contributed by atoms with Crippen molar-refractivity contribution < 1.29 is 27.8 Å². The van der Waals surface area contributed by atoms with Gasteiger partial charge in [-0.2, -0.15) is 0 Å². The van der Waals surface area contributed by atoms with Crippen molar-refractivity contribution >= 4 is 35.0 Å². The number of halogens is 2. The van der Waals surface area contributed by atoms with Crippen molar-refractivity contribution in [3.05, 3.63) is 63.5 Å². The van der Waals surface area contributed by atoms with E-state index in [2.05, 4.69) is 15.6 Å². The van der Waals surface area contributed by atoms with Crippen LogP contribution in [-0.4, -0.2) is 35.2 Å². The van der Waals surface area contributed by atoms with Crippen LogP contribution in [0.2, 0.25) is 0 Å². The first-order valence-corrected chi connectivity index (χ1v) is 10.4. The molecule has 0 amide bonds. The second-order valence-corrected chi connectivity index (χ2v) is 7.43. The normalized spacial score (nSPS) is 15.8. The number of aryl methyl sites for hydroxylation is 1. The largest absolute Gasteiger partial charge is 0.463 e. The lowest BCUT2D eigenvalue weighted by Gasteiger charge is -2.31. The molecule has 1 aromatic heterocycles. The van der Waals surface area contributed by atoms with Crippen LogP contribution in [0, 0.1) is 25.5 Å². The van der Waals surface area contributed by atoms with E-state index in [1.54, 1.807) is 27.7 Å². The van der Waals surface area contributed by atoms with E-state index < -0.39 is 29.6 Å². The van der Waals surface area contributed by atoms with Crippen LogP contribution in [-0.2, 0) is 14.3 Å². The maximum atomic E-state index is 14.7. The van der Waals surface area contributed by atoms with Crippen LogP contribution in [0.3, 0.4) is 0 Å². The molecule has 0 radical (unpaired) electrons. The zero-order valence-electron chi connectivity index (χ0n) is 18.0. The molecule has 0 spiro atoms. The SMILES string of the molecule is CCOC(=O)C1=C(c2[nH]c(C)c(C(=O)OCC)c2C)NC(=S)N[C@@H]1c1c(F)cccc1F. The van der Waals surface area contributed by atoms with E-state index in [0.717, 1.165) is 12.1 Å². The number of benzene rings is 1. The minimum atomic E-state index is -1.26. The van der Waals surface area contributed by atoms with E-state index in [1.165, 1.54) is 6.07 Å². The van der Waals surface area contributed by atoms with Crippen LogP contribution in [0.5, 0.6) is 0 Å². The van der Waals surface area contributed by atoms with E-state index in [9.17, 15) is 18.4 Å². The average Bonchev–Trinajstić information content (AvgIpc) is 3.01. The fourth-order valence-electron chi connectivity index (χ4n) is 3.70. The number of aromatic amines is 1. The molecule has 10 heteroatoms. The molecule has 7 nitrogen and oxygen atoms in total. The molecule has 2 heterocycles. The lowest BCUT2D eigenvalue weighted by molar-refractivity contribution is -0.138. The number of hydrogen-bond donors (Lipinski definition) is 3. The predicted molar refractivity (Wildman–Crippen MR) is 118 cm³/mol. The molecule has 2 aromatic rings. The summed E-state index contributed by atoms with van der Waals surface area (Å²) in [4.78, 5) is 28.5. The number of hydrogen-bond acceptors (Lipinski definition) is 5. The summed E-state index contributed by atoms with van der Waals surface area (Å²) in [6.07, 6.45) is 0. The standard InChI is InChI=1S/C22H23F2N3O4S/c1-5-30-20(28)14-10(3)17(25-11(14)4)19-16(21(29)31-6-2)18(26-22(32)27-19)15-12(23)8-7-9-13(15)24/h7-9,18,25H,5-6H2,1-4H3,(H2,26,27,32)/t18-/m1/s1. The first-order chi connectivity index (χ1) is 15.2. The molecule has 1 atom stereocenters. The Kier molecular flexibility index (Phi) is 6.93. The number of ether oxygens (including phenoxy) is 2. The summed E-state index contributed by atoms with van der Waals surface area (Å²) in [7, 11) is 0. The van der Waals surface area contributed by atoms with Gasteiger partial charge in [0.25, 0.3) is 0 Å². The Bertz CT molecular complexity index is 1110. The predicted octanol–water partition coefficient (Wildman–Crippen LogP) is 3.58. The number of carbonyl (C=O) groups is 2. The molecular formula is C22H23F2N3O4S. The number of thiocarbonyl (C=S) groups is 1. The van der Waals surface area contributed by atoms with Crippen molar-refractivity contribution in [3.8, 4) is 0 Å². The van der Waals surface area contributed by atoms with Gasteiger partial charge < -0.3 is 25.1 Å². The highest BCUT2D eigenvalue weighted by atomic mass is 32.1. The lowest BCUT2D eigenvalue weighted by Crippen LogP contribution is -2.46. The highest BCUT2D eigenvalue weighted by Crippen LogP contribution is 2.36. The Labute approximate surface area is 189 Å². The summed E-state index contributed by atoms with van der Waals surface area (Å²) in [5.41, 5.74) is 1.37. The molecule has 0 unspecified atom stereocenters. The number of carbonyl (C=O) groups excluding carboxylic acids is 2. The number of H-pyrrole nitrogens is 1. The second-order valence-electron chi connectivity index (χ2n) is 7.02. The summed E-state index contributed by atoms with van der Waals surface area (Å²) in [6, 6.07) is 2.16. The molecule has 1 aliphatic rings. The summed E-state index contributed by atoms with van der Waals surface area (Å²) in [5, 5.41) is 5.69. The quantitative estimate of drug-likeness (QED) is 0.446. The van der Waals surface area contributed by atoms with Crippen molar-refractivity contribution in [1.29, 1.82) is 0 Å². The van der Waals surface area contributed by atoms with Gasteiger partial charge in [-0.25, -0.2) is 18.4 Å². The van der Waals surface area contributed by atoms with Gasteiger partial charge in [0, 0.05) is 5.69 Å². The molecule has 32 heavy (non-hydrogen) atoms. The maximum Gasteiger partial charge on any atom is 0.340 e. The molecule has 0 saturated carbocycles. The molecule has 0 fully saturated rings. The molecule has 3 N–H and O–H groups in total. The minimum absolute atomic E-state index is 0.0450. The second kappa shape index (κ2) is 9.47. The third kappa shape index (κ3) is 4.22. The lowest BCUT2D eigenvalue weighted by atomic mass is 9.92. The minimum Gasteiger partial charge on any atom is -0.463 e. The third-order valence-corrected chi connectivity index (χ3v) is 5.24. The van der Waals surface area contributed by atoms with Crippen LogP contribution in [0.25, 0.3) is 5.70 Å². The number of esters is 2. The number of rotatable bonds is 6. The summed E-state index contributed by atoms with van der Waals surface area (Å²) in [5.74, 6) is -3.02. The van der Waals surface area contributed by atoms with Crippen molar-refractivity contribution in [3.63, 3.8) is 0 Å². The van der Waals surface area contributed by atoms with Crippen LogP contribution in [0.4, 0.5) is 8.78 Å². The molecule has 0 aliphatic carbocycles. The topological polar surface area (TPSA) is 92.5 Å². The van der Waals surface area contributed by atoms with Gasteiger partial charge in [-0.1, -0.05) is 6.07 Å². The van der Waals surface area contributed by atoms with Crippen molar-refractivity contribution in [1.82, 2.24) is 15.6 Å². The van der Waals surface area contributed by atoms with Crippen molar-refractivity contribution in [2.24, 2.45) is 0 Å². The van der Waals surface area contributed by atoms with E-state index >= 15 is 0 Å². The van der Waals surface area contributed by atoms with Crippen molar-refractivity contribution in [2.75, 3.05) is 13.2 Å². The van der Waals surface area contributed by atoms with Crippen molar-refractivity contribution in [2.45, 2.75) is 33.7 Å². The Balaban J connectivity index is 2.29. The first-order valence-electron chi connectivity index (χ1n) is 10.0. The summed E-state index contributed by atoms with van der Waals surface area (Å²) in [6.45, 7) is 6.90. The van der Waals surface area contributed by atoms with E-state index in [0.29, 0.717) is 22.5 Å². The highest BCUT2D eigenvalue weighted by molar-refractivity contribution is 7.80. The Hall–Kier alpha value is -3.27. The molecule has 0 saturated heterocycles. The molecular weight excluding hydrogens is 440 g/mol. The Morgan fingerprint density at radius 2 is 1.66 bits per heavy atom. The average molecular weight is 464 g/mol. The van der Waals surface area contributed by atoms with E-state index in [4.69, 9.17) is 21.7 Å². The zero-order valence-corrected chi connectivity index (χ0v) is 18.8. The zero-order chi connectivity index (χ0) is 23.6. The first kappa shape index (κ1) is 23.4. The van der Waals surface area contributed by atoms with Gasteiger partial charge >= 0.3 is 11.9 Å². The van der Waals surface area contributed by atoms with Gasteiger partial charge in [0.05, 0.1) is 47.3 Å². The summed E-state index contributed by atoms with van der Waals surface area (Å²) >= 11 is 5.27. The molecule has 0 bridgehead atoms. The molecule has 170 valence electrons. The molecule has 3 rings (SSSR count). The van der Waals surface area contributed by atoms with Gasteiger partial charge in [0.15, 0.2) is 5.11 Å². The van der Waals surface area contributed by atoms with Gasteiger partial charge in [0.1, 0.15) is 11.6 Å². The van der Waals surface area contributed by atoms with Crippen LogP contribution >= 0.6 is 12.2 Å². The van der Waals surface area contributed by atoms with Gasteiger partial charge in [0.2, 0.25) is 0 Å². The molecule has 1 aromatic carbocycles. The Morgan fingerprint density at radius 3 is 2.25 bits per heavy atom. The third-order valence-electron chi connectivity index (χ3n) is 5.02. The van der Waals surface area contributed by atoms with Gasteiger partial charge in [-0.05, 0) is 57.6 Å². The smallest absolute Gasteiger partial charge is 0.340 e. The monoisotopic (exact) mass is 463 g/mol. The van der Waals surface area contributed by atoms with Crippen LogP contribution in [0.1, 0.15) is 52.8 Å². The van der Waals surface area contributed by atoms with Gasteiger partial charge in [-0.3, -0.25) is 0 Å². The van der Waals surface area contributed by atoms with Crippen LogP contribution in [0.15, 0.2) is 23.8 Å².